The maximum atomic E-state index is 10.4. The van der Waals surface area contributed by atoms with Crippen LogP contribution in [0.15, 0.2) is 0 Å². The minimum Gasteiger partial charge on any atom is -0.391 e. The molecule has 2 heteroatoms. The number of hydrogen-bond acceptors (Lipinski definition) is 2. The van der Waals surface area contributed by atoms with Gasteiger partial charge in [-0.05, 0) is 44.2 Å². The van der Waals surface area contributed by atoms with Gasteiger partial charge >= 0.3 is 0 Å². The Morgan fingerprint density at radius 2 is 2.00 bits per heavy atom. The van der Waals surface area contributed by atoms with Crippen LogP contribution in [0.3, 0.4) is 0 Å². The van der Waals surface area contributed by atoms with E-state index in [0.29, 0.717) is 6.04 Å². The highest BCUT2D eigenvalue weighted by molar-refractivity contribution is 4.92. The van der Waals surface area contributed by atoms with Gasteiger partial charge in [-0.3, -0.25) is 0 Å². The first-order valence-corrected chi connectivity index (χ1v) is 6.73. The third-order valence-electron chi connectivity index (χ3n) is 4.11. The molecule has 0 bridgehead atoms. The Morgan fingerprint density at radius 3 is 2.56 bits per heavy atom. The van der Waals surface area contributed by atoms with Crippen molar-refractivity contribution in [1.29, 1.82) is 0 Å². The lowest BCUT2D eigenvalue weighted by atomic mass is 9.72. The number of aliphatic hydroxyl groups excluding tert-OH is 1. The van der Waals surface area contributed by atoms with Gasteiger partial charge in [0.25, 0.3) is 0 Å². The van der Waals surface area contributed by atoms with Crippen molar-refractivity contribution in [3.8, 4) is 0 Å². The monoisotopic (exact) mass is 227 g/mol. The molecule has 1 N–H and O–H groups in total. The topological polar surface area (TPSA) is 23.5 Å². The predicted molar refractivity (Wildman–Crippen MR) is 69.5 cm³/mol. The van der Waals surface area contributed by atoms with Gasteiger partial charge in [-0.2, -0.15) is 0 Å². The minimum absolute atomic E-state index is 0.0923. The van der Waals surface area contributed by atoms with Crippen LogP contribution in [0.4, 0.5) is 0 Å². The van der Waals surface area contributed by atoms with Gasteiger partial charge in [0.1, 0.15) is 0 Å². The van der Waals surface area contributed by atoms with Crippen LogP contribution in [0.5, 0.6) is 0 Å². The van der Waals surface area contributed by atoms with Crippen LogP contribution < -0.4 is 0 Å². The van der Waals surface area contributed by atoms with E-state index in [1.165, 1.54) is 12.8 Å². The molecule has 96 valence electrons. The van der Waals surface area contributed by atoms with Crippen molar-refractivity contribution in [2.75, 3.05) is 13.6 Å². The summed E-state index contributed by atoms with van der Waals surface area (Å²) >= 11 is 0. The van der Waals surface area contributed by atoms with Crippen LogP contribution in [0.2, 0.25) is 0 Å². The second-order valence-electron chi connectivity index (χ2n) is 6.56. The Bertz CT molecular complexity index is 213. The van der Waals surface area contributed by atoms with Crippen molar-refractivity contribution in [2.45, 2.75) is 65.5 Å². The molecular formula is C14H29NO. The standard InChI is InChI=1S/C14H29NO/c1-11(2)8-10-15(5)12-7-6-9-14(3,4)13(12)16/h11-13,16H,6-10H2,1-5H3. The molecule has 0 aliphatic heterocycles. The number of nitrogens with zero attached hydrogens (tertiary/aromatic N) is 1. The first kappa shape index (κ1) is 14.0. The Hall–Kier alpha value is -0.0800. The molecule has 1 aliphatic carbocycles. The van der Waals surface area contributed by atoms with E-state index in [-0.39, 0.29) is 11.5 Å². The van der Waals surface area contributed by atoms with Gasteiger partial charge < -0.3 is 10.0 Å². The van der Waals surface area contributed by atoms with E-state index in [9.17, 15) is 5.11 Å². The second-order valence-corrected chi connectivity index (χ2v) is 6.56. The number of hydrogen-bond donors (Lipinski definition) is 1. The molecule has 0 heterocycles. The zero-order valence-corrected chi connectivity index (χ0v) is 11.7. The van der Waals surface area contributed by atoms with Gasteiger partial charge in [0.05, 0.1) is 6.10 Å². The molecule has 2 nitrogen and oxygen atoms in total. The van der Waals surface area contributed by atoms with E-state index in [1.54, 1.807) is 0 Å². The smallest absolute Gasteiger partial charge is 0.0746 e. The van der Waals surface area contributed by atoms with Crippen molar-refractivity contribution >= 4 is 0 Å². The normalized spacial score (nSPS) is 30.0. The fourth-order valence-corrected chi connectivity index (χ4v) is 2.68. The molecule has 1 saturated carbocycles. The van der Waals surface area contributed by atoms with Gasteiger partial charge in [0.15, 0.2) is 0 Å². The molecule has 16 heavy (non-hydrogen) atoms. The Labute approximate surface area is 101 Å². The van der Waals surface area contributed by atoms with Crippen LogP contribution in [0.25, 0.3) is 0 Å². The molecule has 2 atom stereocenters. The van der Waals surface area contributed by atoms with E-state index >= 15 is 0 Å². The van der Waals surface area contributed by atoms with E-state index in [2.05, 4.69) is 39.6 Å². The van der Waals surface area contributed by atoms with Crippen molar-refractivity contribution < 1.29 is 5.11 Å². The van der Waals surface area contributed by atoms with E-state index in [0.717, 1.165) is 25.3 Å². The zero-order valence-electron chi connectivity index (χ0n) is 11.7. The predicted octanol–water partition coefficient (Wildman–Crippen LogP) is 2.90. The van der Waals surface area contributed by atoms with Crippen LogP contribution >= 0.6 is 0 Å². The summed E-state index contributed by atoms with van der Waals surface area (Å²) < 4.78 is 0. The highest BCUT2D eigenvalue weighted by Gasteiger charge is 2.39. The number of rotatable bonds is 4. The van der Waals surface area contributed by atoms with Crippen LogP contribution in [0.1, 0.15) is 53.4 Å². The SMILES string of the molecule is CC(C)CCN(C)C1CCCC(C)(C)C1O. The second kappa shape index (κ2) is 5.50. The first-order valence-electron chi connectivity index (χ1n) is 6.73. The average molecular weight is 227 g/mol. The average Bonchev–Trinajstić information content (AvgIpc) is 2.18. The summed E-state index contributed by atoms with van der Waals surface area (Å²) in [6.45, 7) is 10.0. The van der Waals surface area contributed by atoms with Gasteiger partial charge in [-0.25, -0.2) is 0 Å². The summed E-state index contributed by atoms with van der Waals surface area (Å²) in [6, 6.07) is 0.363. The van der Waals surface area contributed by atoms with E-state index in [4.69, 9.17) is 0 Å². The highest BCUT2D eigenvalue weighted by atomic mass is 16.3. The molecule has 1 aliphatic rings. The third-order valence-corrected chi connectivity index (χ3v) is 4.11. The molecule has 0 radical (unpaired) electrons. The van der Waals surface area contributed by atoms with Gasteiger partial charge in [0, 0.05) is 6.04 Å². The molecule has 0 amide bonds. The molecule has 0 aromatic heterocycles. The molecule has 1 fully saturated rings. The van der Waals surface area contributed by atoms with E-state index < -0.39 is 0 Å². The largest absolute Gasteiger partial charge is 0.391 e. The van der Waals surface area contributed by atoms with Crippen LogP contribution in [-0.4, -0.2) is 35.7 Å². The van der Waals surface area contributed by atoms with E-state index in [1.807, 2.05) is 0 Å². The van der Waals surface area contributed by atoms with Gasteiger partial charge in [-0.15, -0.1) is 0 Å². The van der Waals surface area contributed by atoms with Gasteiger partial charge in [0.2, 0.25) is 0 Å². The maximum Gasteiger partial charge on any atom is 0.0746 e. The Balaban J connectivity index is 2.51. The summed E-state index contributed by atoms with van der Waals surface area (Å²) in [6.07, 6.45) is 4.61. The van der Waals surface area contributed by atoms with Crippen LogP contribution in [-0.2, 0) is 0 Å². The molecule has 1 rings (SSSR count). The lowest BCUT2D eigenvalue weighted by Crippen LogP contribution is -2.51. The third kappa shape index (κ3) is 3.46. The molecular weight excluding hydrogens is 198 g/mol. The highest BCUT2D eigenvalue weighted by Crippen LogP contribution is 2.37. The summed E-state index contributed by atoms with van der Waals surface area (Å²) in [5, 5.41) is 10.4. The Kier molecular flexibility index (Phi) is 4.81. The molecule has 0 spiro atoms. The number of likely N-dealkylation sites (N-methyl/N-ethyl adjacent to an activating group) is 1. The Morgan fingerprint density at radius 1 is 1.38 bits per heavy atom. The molecule has 0 aromatic rings. The molecule has 2 unspecified atom stereocenters. The summed E-state index contributed by atoms with van der Waals surface area (Å²) in [5.74, 6) is 0.746. The summed E-state index contributed by atoms with van der Waals surface area (Å²) in [7, 11) is 2.16. The summed E-state index contributed by atoms with van der Waals surface area (Å²) in [5.41, 5.74) is 0.0923. The maximum absolute atomic E-state index is 10.4. The lowest BCUT2D eigenvalue weighted by molar-refractivity contribution is -0.0510. The van der Waals surface area contributed by atoms with Crippen molar-refractivity contribution in [3.05, 3.63) is 0 Å². The van der Waals surface area contributed by atoms with Crippen LogP contribution in [0, 0.1) is 11.3 Å². The van der Waals surface area contributed by atoms with Crippen molar-refractivity contribution in [1.82, 2.24) is 4.90 Å². The minimum atomic E-state index is -0.168. The fourth-order valence-electron chi connectivity index (χ4n) is 2.68. The number of aliphatic hydroxyl groups is 1. The fraction of sp³-hybridized carbons (Fsp3) is 1.00. The van der Waals surface area contributed by atoms with Gasteiger partial charge in [-0.1, -0.05) is 34.1 Å². The van der Waals surface area contributed by atoms with Crippen molar-refractivity contribution in [3.63, 3.8) is 0 Å². The molecule has 0 aromatic carbocycles. The van der Waals surface area contributed by atoms with Crippen molar-refractivity contribution in [2.24, 2.45) is 11.3 Å². The zero-order chi connectivity index (χ0) is 12.3. The summed E-state index contributed by atoms with van der Waals surface area (Å²) in [4.78, 5) is 2.37. The molecule has 0 saturated heterocycles. The quantitative estimate of drug-likeness (QED) is 0.798. The lowest BCUT2D eigenvalue weighted by Gasteiger charge is -2.44. The first-order chi connectivity index (χ1) is 7.34.